The van der Waals surface area contributed by atoms with Gasteiger partial charge in [0.15, 0.2) is 5.82 Å². The predicted molar refractivity (Wildman–Crippen MR) is 46.1 cm³/mol. The van der Waals surface area contributed by atoms with E-state index in [1.807, 2.05) is 0 Å². The minimum atomic E-state index is -1.13. The summed E-state index contributed by atoms with van der Waals surface area (Å²) in [6.07, 6.45) is 0. The zero-order chi connectivity index (χ0) is 10.6. The second-order valence-corrected chi connectivity index (χ2v) is 2.45. The summed E-state index contributed by atoms with van der Waals surface area (Å²) in [6.45, 7) is -0.102. The first kappa shape index (κ1) is 10.2. The van der Waals surface area contributed by atoms with E-state index in [4.69, 9.17) is 5.11 Å². The number of aromatic nitrogens is 2. The molecule has 7 heteroatoms. The number of hydrogen-bond acceptors (Lipinski definition) is 4. The van der Waals surface area contributed by atoms with Gasteiger partial charge in [0.25, 0.3) is 5.91 Å². The van der Waals surface area contributed by atoms with Crippen LogP contribution in [0.1, 0.15) is 10.5 Å². The number of aromatic carboxylic acids is 1. The summed E-state index contributed by atoms with van der Waals surface area (Å²) in [5.74, 6) is -1.37. The third kappa shape index (κ3) is 2.56. The van der Waals surface area contributed by atoms with Crippen LogP contribution < -0.4 is 5.32 Å². The van der Waals surface area contributed by atoms with Crippen molar-refractivity contribution in [2.75, 3.05) is 19.0 Å². The van der Waals surface area contributed by atoms with Gasteiger partial charge in [0, 0.05) is 13.2 Å². The van der Waals surface area contributed by atoms with Crippen LogP contribution in [0.25, 0.3) is 0 Å². The van der Waals surface area contributed by atoms with Crippen LogP contribution in [0.3, 0.4) is 0 Å². The highest BCUT2D eigenvalue weighted by Crippen LogP contribution is 2.04. The molecule has 0 bridgehead atoms. The smallest absolute Gasteiger partial charge is 0.353 e. The van der Waals surface area contributed by atoms with Gasteiger partial charge in [0.05, 0.1) is 0 Å². The van der Waals surface area contributed by atoms with Crippen molar-refractivity contribution in [2.24, 2.45) is 0 Å². The SMILES string of the molecule is COCC(=O)Nc1cc(C(=O)O)[nH]n1. The summed E-state index contributed by atoms with van der Waals surface area (Å²) in [5, 5.41) is 16.7. The summed E-state index contributed by atoms with van der Waals surface area (Å²) in [5.41, 5.74) is -0.0854. The van der Waals surface area contributed by atoms with Crippen molar-refractivity contribution in [1.29, 1.82) is 0 Å². The summed E-state index contributed by atoms with van der Waals surface area (Å²) in [6, 6.07) is 1.22. The second-order valence-electron chi connectivity index (χ2n) is 2.45. The van der Waals surface area contributed by atoms with E-state index in [-0.39, 0.29) is 18.1 Å². The van der Waals surface area contributed by atoms with Crippen molar-refractivity contribution in [3.63, 3.8) is 0 Å². The fraction of sp³-hybridized carbons (Fsp3) is 0.286. The first-order valence-electron chi connectivity index (χ1n) is 3.71. The van der Waals surface area contributed by atoms with E-state index >= 15 is 0 Å². The summed E-state index contributed by atoms with van der Waals surface area (Å²) in [4.78, 5) is 21.4. The maximum Gasteiger partial charge on any atom is 0.353 e. The van der Waals surface area contributed by atoms with Gasteiger partial charge in [-0.1, -0.05) is 0 Å². The highest BCUT2D eigenvalue weighted by molar-refractivity contribution is 5.92. The normalized spacial score (nSPS) is 9.79. The molecule has 0 radical (unpaired) electrons. The number of nitrogens with zero attached hydrogens (tertiary/aromatic N) is 1. The number of nitrogens with one attached hydrogen (secondary N) is 2. The summed E-state index contributed by atoms with van der Waals surface area (Å²) < 4.78 is 4.56. The van der Waals surface area contributed by atoms with E-state index in [1.165, 1.54) is 13.2 Å². The molecule has 1 rings (SSSR count). The summed E-state index contributed by atoms with van der Waals surface area (Å²) in [7, 11) is 1.38. The minimum Gasteiger partial charge on any atom is -0.477 e. The summed E-state index contributed by atoms with van der Waals surface area (Å²) >= 11 is 0. The van der Waals surface area contributed by atoms with Gasteiger partial charge in [0.1, 0.15) is 12.3 Å². The van der Waals surface area contributed by atoms with Crippen molar-refractivity contribution < 1.29 is 19.4 Å². The molecule has 0 saturated carbocycles. The van der Waals surface area contributed by atoms with E-state index < -0.39 is 11.9 Å². The molecule has 0 fully saturated rings. The van der Waals surface area contributed by atoms with E-state index in [1.54, 1.807) is 0 Å². The number of hydrogen-bond donors (Lipinski definition) is 3. The zero-order valence-corrected chi connectivity index (χ0v) is 7.40. The van der Waals surface area contributed by atoms with Crippen LogP contribution in [0.4, 0.5) is 5.82 Å². The van der Waals surface area contributed by atoms with Crippen molar-refractivity contribution in [2.45, 2.75) is 0 Å². The lowest BCUT2D eigenvalue weighted by Gasteiger charge is -1.98. The Morgan fingerprint density at radius 1 is 1.71 bits per heavy atom. The van der Waals surface area contributed by atoms with Gasteiger partial charge in [-0.15, -0.1) is 0 Å². The van der Waals surface area contributed by atoms with Crippen LogP contribution in [0.5, 0.6) is 0 Å². The molecule has 1 amide bonds. The van der Waals surface area contributed by atoms with Crippen molar-refractivity contribution in [3.8, 4) is 0 Å². The molecule has 3 N–H and O–H groups in total. The molecule has 0 aliphatic carbocycles. The minimum absolute atomic E-state index is 0.0854. The molecule has 76 valence electrons. The number of anilines is 1. The lowest BCUT2D eigenvalue weighted by Crippen LogP contribution is -2.17. The zero-order valence-electron chi connectivity index (χ0n) is 7.40. The molecule has 14 heavy (non-hydrogen) atoms. The molecular weight excluding hydrogens is 190 g/mol. The molecule has 1 heterocycles. The fourth-order valence-corrected chi connectivity index (χ4v) is 0.805. The molecular formula is C7H9N3O4. The second kappa shape index (κ2) is 4.38. The molecule has 0 aromatic carbocycles. The standard InChI is InChI=1S/C7H9N3O4/c1-14-3-6(11)8-5-2-4(7(12)13)9-10-5/h2H,3H2,1H3,(H,12,13)(H2,8,9,10,11). The number of amides is 1. The van der Waals surface area contributed by atoms with Crippen LogP contribution in [0, 0.1) is 0 Å². The van der Waals surface area contributed by atoms with Crippen LogP contribution >= 0.6 is 0 Å². The average Bonchev–Trinajstić information content (AvgIpc) is 2.53. The third-order valence-corrected chi connectivity index (χ3v) is 1.35. The molecule has 0 aliphatic rings. The van der Waals surface area contributed by atoms with Gasteiger partial charge in [-0.25, -0.2) is 4.79 Å². The number of methoxy groups -OCH3 is 1. The molecule has 0 saturated heterocycles. The van der Waals surface area contributed by atoms with Gasteiger partial charge in [0.2, 0.25) is 0 Å². The number of rotatable bonds is 4. The van der Waals surface area contributed by atoms with Gasteiger partial charge in [-0.3, -0.25) is 9.89 Å². The van der Waals surface area contributed by atoms with Crippen molar-refractivity contribution in [3.05, 3.63) is 11.8 Å². The van der Waals surface area contributed by atoms with Gasteiger partial charge in [-0.05, 0) is 0 Å². The topological polar surface area (TPSA) is 104 Å². The van der Waals surface area contributed by atoms with E-state index in [9.17, 15) is 9.59 Å². The number of carboxylic acids is 1. The Kier molecular flexibility index (Phi) is 3.19. The Morgan fingerprint density at radius 2 is 2.43 bits per heavy atom. The Morgan fingerprint density at radius 3 is 2.93 bits per heavy atom. The number of ether oxygens (including phenoxy) is 1. The van der Waals surface area contributed by atoms with Crippen LogP contribution in [0.15, 0.2) is 6.07 Å². The lowest BCUT2D eigenvalue weighted by molar-refractivity contribution is -0.119. The molecule has 0 unspecified atom stereocenters. The van der Waals surface area contributed by atoms with Crippen LogP contribution in [0.2, 0.25) is 0 Å². The van der Waals surface area contributed by atoms with Gasteiger partial charge >= 0.3 is 5.97 Å². The quantitative estimate of drug-likeness (QED) is 0.617. The van der Waals surface area contributed by atoms with E-state index in [0.717, 1.165) is 0 Å². The maximum atomic E-state index is 11.0. The number of carbonyl (C=O) groups is 2. The van der Waals surface area contributed by atoms with Gasteiger partial charge in [-0.2, -0.15) is 5.10 Å². The van der Waals surface area contributed by atoms with Gasteiger partial charge < -0.3 is 15.2 Å². The number of carbonyl (C=O) groups excluding carboxylic acids is 1. The molecule has 7 nitrogen and oxygen atoms in total. The monoisotopic (exact) mass is 199 g/mol. The number of aromatic amines is 1. The fourth-order valence-electron chi connectivity index (χ4n) is 0.805. The molecule has 1 aromatic rings. The number of H-pyrrole nitrogens is 1. The molecule has 0 spiro atoms. The van der Waals surface area contributed by atoms with Crippen LogP contribution in [-0.2, 0) is 9.53 Å². The third-order valence-electron chi connectivity index (χ3n) is 1.35. The Balaban J connectivity index is 2.59. The maximum absolute atomic E-state index is 11.0. The molecule has 0 aliphatic heterocycles. The highest BCUT2D eigenvalue weighted by atomic mass is 16.5. The lowest BCUT2D eigenvalue weighted by atomic mass is 10.4. The van der Waals surface area contributed by atoms with Crippen molar-refractivity contribution >= 4 is 17.7 Å². The van der Waals surface area contributed by atoms with E-state index in [2.05, 4.69) is 20.3 Å². The first-order chi connectivity index (χ1) is 6.63. The average molecular weight is 199 g/mol. The Bertz CT molecular complexity index is 346. The predicted octanol–water partition coefficient (Wildman–Crippen LogP) is -0.307. The first-order valence-corrected chi connectivity index (χ1v) is 3.71. The molecule has 0 atom stereocenters. The Labute approximate surface area is 79.1 Å². The Hall–Kier alpha value is -1.89. The van der Waals surface area contributed by atoms with Crippen molar-refractivity contribution in [1.82, 2.24) is 10.2 Å². The highest BCUT2D eigenvalue weighted by Gasteiger charge is 2.09. The van der Waals surface area contributed by atoms with Crippen LogP contribution in [-0.4, -0.2) is 40.9 Å². The largest absolute Gasteiger partial charge is 0.477 e. The molecule has 1 aromatic heterocycles. The number of carboxylic acid groups (broad SMARTS) is 1. The van der Waals surface area contributed by atoms with E-state index in [0.29, 0.717) is 0 Å².